The minimum absolute atomic E-state index is 0.151. The molecule has 1 unspecified atom stereocenters. The summed E-state index contributed by atoms with van der Waals surface area (Å²) >= 11 is 0. The first-order chi connectivity index (χ1) is 7.08. The van der Waals surface area contributed by atoms with E-state index in [0.717, 1.165) is 0 Å². The summed E-state index contributed by atoms with van der Waals surface area (Å²) < 4.78 is 11.0. The monoisotopic (exact) mass is 232 g/mol. The molecule has 0 heterocycles. The zero-order chi connectivity index (χ0) is 11.8. The van der Waals surface area contributed by atoms with Crippen molar-refractivity contribution in [2.45, 2.75) is 32.7 Å². The summed E-state index contributed by atoms with van der Waals surface area (Å²) in [5, 5.41) is 8.88. The van der Waals surface area contributed by atoms with Gasteiger partial charge < -0.3 is 14.0 Å². The molecule has 0 bridgehead atoms. The van der Waals surface area contributed by atoms with Gasteiger partial charge in [-0.2, -0.15) is 0 Å². The maximum absolute atomic E-state index is 10.8. The van der Waals surface area contributed by atoms with Crippen LogP contribution in [-0.4, -0.2) is 33.6 Å². The van der Waals surface area contributed by atoms with Crippen LogP contribution in [0, 0.1) is 0 Å². The molecule has 0 aliphatic heterocycles. The van der Waals surface area contributed by atoms with Crippen molar-refractivity contribution < 1.29 is 18.8 Å². The zero-order valence-corrected chi connectivity index (χ0v) is 10.8. The molecule has 0 aliphatic rings. The minimum Gasteiger partial charge on any atom is -0.478 e. The summed E-state index contributed by atoms with van der Waals surface area (Å²) in [7, 11) is -1.94. The van der Waals surface area contributed by atoms with Crippen LogP contribution in [0.1, 0.15) is 27.2 Å². The lowest BCUT2D eigenvalue weighted by Crippen LogP contribution is -2.31. The molecule has 5 heteroatoms. The second-order valence-electron chi connectivity index (χ2n) is 3.12. The molecule has 0 rings (SSSR count). The molecule has 0 radical (unpaired) electrons. The second-order valence-corrected chi connectivity index (χ2v) is 5.33. The van der Waals surface area contributed by atoms with Gasteiger partial charge in [-0.3, -0.25) is 0 Å². The summed E-state index contributed by atoms with van der Waals surface area (Å²) in [6.07, 6.45) is 0.696. The molecule has 1 N–H and O–H groups in total. The zero-order valence-electron chi connectivity index (χ0n) is 9.66. The van der Waals surface area contributed by atoms with E-state index in [1.807, 2.05) is 20.8 Å². The van der Waals surface area contributed by atoms with Crippen LogP contribution in [0.15, 0.2) is 12.2 Å². The molecule has 15 heavy (non-hydrogen) atoms. The number of carboxylic acids is 1. The fourth-order valence-electron chi connectivity index (χ4n) is 1.37. The smallest absolute Gasteiger partial charge is 0.331 e. The Kier molecular flexibility index (Phi) is 7.28. The third-order valence-corrected chi connectivity index (χ3v) is 5.01. The Balaban J connectivity index is 4.56. The SMILES string of the molecule is C=C(C(=O)O)C(CC)[SiH](OCC)OCC. The highest BCUT2D eigenvalue weighted by atomic mass is 28.3. The van der Waals surface area contributed by atoms with Gasteiger partial charge in [0.1, 0.15) is 0 Å². The number of hydrogen-bond donors (Lipinski definition) is 1. The number of rotatable bonds is 8. The highest BCUT2D eigenvalue weighted by Crippen LogP contribution is 2.25. The van der Waals surface area contributed by atoms with Crippen molar-refractivity contribution in [3.05, 3.63) is 12.2 Å². The standard InChI is InChI=1S/C10H20O4Si/c1-5-9(8(4)10(11)12)15(13-6-2)14-7-3/h9,15H,4-7H2,1-3H3,(H,11,12). The van der Waals surface area contributed by atoms with Crippen molar-refractivity contribution in [2.24, 2.45) is 0 Å². The Labute approximate surface area is 92.7 Å². The molecule has 0 fully saturated rings. The molecular weight excluding hydrogens is 212 g/mol. The van der Waals surface area contributed by atoms with Gasteiger partial charge in [-0.05, 0) is 20.3 Å². The molecule has 88 valence electrons. The fraction of sp³-hybridized carbons (Fsp3) is 0.700. The van der Waals surface area contributed by atoms with Gasteiger partial charge in [0.2, 0.25) is 0 Å². The third kappa shape index (κ3) is 4.59. The largest absolute Gasteiger partial charge is 0.478 e. The second kappa shape index (κ2) is 7.61. The van der Waals surface area contributed by atoms with Gasteiger partial charge in [0, 0.05) is 24.3 Å². The van der Waals surface area contributed by atoms with Crippen molar-refractivity contribution in [1.29, 1.82) is 0 Å². The average molecular weight is 232 g/mol. The highest BCUT2D eigenvalue weighted by Gasteiger charge is 2.29. The summed E-state index contributed by atoms with van der Waals surface area (Å²) in [5.41, 5.74) is 0.0541. The minimum atomic E-state index is -1.94. The number of carbonyl (C=O) groups is 1. The molecule has 4 nitrogen and oxygen atoms in total. The lowest BCUT2D eigenvalue weighted by molar-refractivity contribution is -0.132. The van der Waals surface area contributed by atoms with E-state index >= 15 is 0 Å². The van der Waals surface area contributed by atoms with E-state index in [4.69, 9.17) is 14.0 Å². The van der Waals surface area contributed by atoms with Crippen LogP contribution in [0.4, 0.5) is 0 Å². The van der Waals surface area contributed by atoms with Crippen molar-refractivity contribution in [1.82, 2.24) is 0 Å². The van der Waals surface area contributed by atoms with E-state index in [0.29, 0.717) is 19.6 Å². The van der Waals surface area contributed by atoms with Crippen LogP contribution in [-0.2, 0) is 13.6 Å². The normalized spacial score (nSPS) is 12.8. The average Bonchev–Trinajstić information content (AvgIpc) is 2.19. The van der Waals surface area contributed by atoms with Gasteiger partial charge in [-0.15, -0.1) is 0 Å². The molecule has 0 saturated heterocycles. The van der Waals surface area contributed by atoms with Crippen molar-refractivity contribution in [3.63, 3.8) is 0 Å². The molecular formula is C10H20O4Si. The van der Waals surface area contributed by atoms with Gasteiger partial charge in [0.05, 0.1) is 0 Å². The molecule has 0 spiro atoms. The molecule has 0 aliphatic carbocycles. The lowest BCUT2D eigenvalue weighted by atomic mass is 10.2. The molecule has 0 amide bonds. The number of carboxylic acid groups (broad SMARTS) is 1. The van der Waals surface area contributed by atoms with E-state index in [2.05, 4.69) is 6.58 Å². The van der Waals surface area contributed by atoms with Gasteiger partial charge in [0.15, 0.2) is 0 Å². The molecule has 0 aromatic carbocycles. The third-order valence-electron chi connectivity index (χ3n) is 2.15. The van der Waals surface area contributed by atoms with Crippen LogP contribution in [0.2, 0.25) is 5.54 Å². The Morgan fingerprint density at radius 3 is 2.07 bits per heavy atom. The van der Waals surface area contributed by atoms with Crippen LogP contribution in [0.5, 0.6) is 0 Å². The maximum atomic E-state index is 10.8. The van der Waals surface area contributed by atoms with Gasteiger partial charge >= 0.3 is 15.3 Å². The van der Waals surface area contributed by atoms with Crippen molar-refractivity contribution in [2.75, 3.05) is 13.2 Å². The van der Waals surface area contributed by atoms with E-state index < -0.39 is 15.3 Å². The van der Waals surface area contributed by atoms with Crippen LogP contribution in [0.3, 0.4) is 0 Å². The molecule has 0 aromatic heterocycles. The van der Waals surface area contributed by atoms with Crippen LogP contribution >= 0.6 is 0 Å². The van der Waals surface area contributed by atoms with E-state index in [1.165, 1.54) is 0 Å². The predicted octanol–water partition coefficient (Wildman–Crippen LogP) is 1.70. The van der Waals surface area contributed by atoms with Gasteiger partial charge in [-0.1, -0.05) is 13.5 Å². The highest BCUT2D eigenvalue weighted by molar-refractivity contribution is 6.48. The van der Waals surface area contributed by atoms with E-state index in [1.54, 1.807) is 0 Å². The van der Waals surface area contributed by atoms with E-state index in [9.17, 15) is 4.79 Å². The topological polar surface area (TPSA) is 55.8 Å². The molecule has 0 saturated carbocycles. The molecule has 1 atom stereocenters. The first-order valence-corrected chi connectivity index (χ1v) is 6.84. The Hall–Kier alpha value is -0.653. The molecule has 0 aromatic rings. The first-order valence-electron chi connectivity index (χ1n) is 5.23. The van der Waals surface area contributed by atoms with Crippen LogP contribution in [0.25, 0.3) is 0 Å². The van der Waals surface area contributed by atoms with Crippen molar-refractivity contribution in [3.8, 4) is 0 Å². The first kappa shape index (κ1) is 14.3. The Morgan fingerprint density at radius 2 is 1.80 bits per heavy atom. The number of aliphatic carboxylic acids is 1. The summed E-state index contributed by atoms with van der Waals surface area (Å²) in [4.78, 5) is 10.8. The summed E-state index contributed by atoms with van der Waals surface area (Å²) in [6, 6.07) is 0. The maximum Gasteiger partial charge on any atom is 0.331 e. The van der Waals surface area contributed by atoms with Crippen molar-refractivity contribution >= 4 is 15.3 Å². The summed E-state index contributed by atoms with van der Waals surface area (Å²) in [5.74, 6) is -0.959. The van der Waals surface area contributed by atoms with E-state index in [-0.39, 0.29) is 11.1 Å². The predicted molar refractivity (Wildman–Crippen MR) is 61.2 cm³/mol. The number of hydrogen-bond acceptors (Lipinski definition) is 3. The van der Waals surface area contributed by atoms with Gasteiger partial charge in [0.25, 0.3) is 0 Å². The lowest BCUT2D eigenvalue weighted by Gasteiger charge is -2.23. The van der Waals surface area contributed by atoms with Crippen LogP contribution < -0.4 is 0 Å². The quantitative estimate of drug-likeness (QED) is 0.511. The van der Waals surface area contributed by atoms with Gasteiger partial charge in [-0.25, -0.2) is 4.79 Å². The fourth-order valence-corrected chi connectivity index (χ4v) is 3.44. The summed E-state index contributed by atoms with van der Waals surface area (Å²) in [6.45, 7) is 10.4. The Morgan fingerprint density at radius 1 is 1.33 bits per heavy atom. The Bertz CT molecular complexity index is 211.